The van der Waals surface area contributed by atoms with Crippen LogP contribution in [0.5, 0.6) is 0 Å². The Kier molecular flexibility index (Phi) is 10.8. The second-order valence-electron chi connectivity index (χ2n) is 8.26. The Morgan fingerprint density at radius 3 is 2.32 bits per heavy atom. The van der Waals surface area contributed by atoms with Gasteiger partial charge < -0.3 is 33.5 Å². The van der Waals surface area contributed by atoms with Gasteiger partial charge in [-0.15, -0.1) is 0 Å². The van der Waals surface area contributed by atoms with E-state index in [0.29, 0.717) is 11.0 Å². The summed E-state index contributed by atoms with van der Waals surface area (Å²) in [4.78, 5) is 23.5. The van der Waals surface area contributed by atoms with Crippen molar-refractivity contribution < 1.29 is 43.1 Å². The number of hydrogen-bond donors (Lipinski definition) is 1. The number of carbonyl (C=O) groups excluding carboxylic acids is 2. The molecule has 1 aromatic carbocycles. The lowest BCUT2D eigenvalue weighted by Gasteiger charge is -2.46. The lowest BCUT2D eigenvalue weighted by atomic mass is 9.99. The van der Waals surface area contributed by atoms with Crippen LogP contribution in [-0.2, 0) is 44.6 Å². The number of rotatable bonds is 8. The first kappa shape index (κ1) is 28.0. The molecule has 3 rings (SSSR count). The first-order chi connectivity index (χ1) is 16.2. The van der Waals surface area contributed by atoms with Crippen molar-refractivity contribution in [2.24, 2.45) is 0 Å². The predicted octanol–water partition coefficient (Wildman–Crippen LogP) is 2.91. The van der Waals surface area contributed by atoms with E-state index in [4.69, 9.17) is 28.4 Å². The van der Waals surface area contributed by atoms with Gasteiger partial charge in [0.15, 0.2) is 24.8 Å². The highest BCUT2D eigenvalue weighted by Crippen LogP contribution is 2.35. The fourth-order valence-corrected chi connectivity index (χ4v) is 5.68. The molecule has 2 fully saturated rings. The van der Waals surface area contributed by atoms with Crippen LogP contribution in [0.4, 0.5) is 0 Å². The third kappa shape index (κ3) is 7.46. The Bertz CT molecular complexity index is 811. The van der Waals surface area contributed by atoms with E-state index in [2.05, 4.69) is 45.2 Å². The molecular formula is C23H30I2O9. The normalized spacial score (nSPS) is 36.0. The van der Waals surface area contributed by atoms with Crippen molar-refractivity contribution in [3.8, 4) is 0 Å². The molecule has 1 N–H and O–H groups in total. The molecule has 0 radical (unpaired) electrons. The van der Waals surface area contributed by atoms with Gasteiger partial charge in [0.25, 0.3) is 0 Å². The zero-order chi connectivity index (χ0) is 24.8. The van der Waals surface area contributed by atoms with Gasteiger partial charge in [0.05, 0.1) is 18.8 Å². The molecule has 9 nitrogen and oxygen atoms in total. The number of carbonyl (C=O) groups is 2. The van der Waals surface area contributed by atoms with Crippen LogP contribution in [0.3, 0.4) is 0 Å². The average Bonchev–Trinajstić information content (AvgIpc) is 2.78. The predicted molar refractivity (Wildman–Crippen MR) is 138 cm³/mol. The summed E-state index contributed by atoms with van der Waals surface area (Å²) in [6, 6.07) is 9.73. The van der Waals surface area contributed by atoms with E-state index in [1.54, 1.807) is 6.92 Å². The number of benzene rings is 1. The minimum absolute atomic E-state index is 0.236. The van der Waals surface area contributed by atoms with E-state index in [1.165, 1.54) is 13.8 Å². The number of halogens is 2. The SMILES string of the molecule is CC(=O)O[C@@H]1[C@H](I)[C@@H](O[C@@H]2[C@@H](C)O[C@H](O)C[C@H]2OCc2ccccc2)O[C@H](CI)[C@H]1OC(C)=O. The molecule has 2 aliphatic rings. The highest BCUT2D eigenvalue weighted by Gasteiger charge is 2.51. The van der Waals surface area contributed by atoms with Gasteiger partial charge in [-0.2, -0.15) is 0 Å². The zero-order valence-corrected chi connectivity index (χ0v) is 23.5. The fourth-order valence-electron chi connectivity index (χ4n) is 4.07. The van der Waals surface area contributed by atoms with Crippen molar-refractivity contribution in [1.29, 1.82) is 0 Å². The molecule has 34 heavy (non-hydrogen) atoms. The highest BCUT2D eigenvalue weighted by atomic mass is 127. The molecule has 0 aliphatic carbocycles. The van der Waals surface area contributed by atoms with Crippen molar-refractivity contribution in [3.05, 3.63) is 35.9 Å². The van der Waals surface area contributed by atoms with Gasteiger partial charge in [-0.1, -0.05) is 75.5 Å². The summed E-state index contributed by atoms with van der Waals surface area (Å²) < 4.78 is 35.4. The first-order valence-corrected chi connectivity index (χ1v) is 13.8. The summed E-state index contributed by atoms with van der Waals surface area (Å²) in [5.74, 6) is -0.973. The van der Waals surface area contributed by atoms with Crippen molar-refractivity contribution in [3.63, 3.8) is 0 Å². The number of hydrogen-bond acceptors (Lipinski definition) is 9. The molecular weight excluding hydrogens is 674 g/mol. The average molecular weight is 704 g/mol. The molecule has 2 aliphatic heterocycles. The van der Waals surface area contributed by atoms with Crippen molar-refractivity contribution >= 4 is 57.1 Å². The third-order valence-corrected chi connectivity index (χ3v) is 7.73. The molecule has 0 aromatic heterocycles. The summed E-state index contributed by atoms with van der Waals surface area (Å²) in [6.07, 6.45) is -5.06. The number of ether oxygens (including phenoxy) is 6. The largest absolute Gasteiger partial charge is 0.457 e. The van der Waals surface area contributed by atoms with Gasteiger partial charge >= 0.3 is 11.9 Å². The van der Waals surface area contributed by atoms with Gasteiger partial charge in [-0.25, -0.2) is 0 Å². The molecule has 9 atom stereocenters. The molecule has 0 saturated carbocycles. The molecule has 0 unspecified atom stereocenters. The van der Waals surface area contributed by atoms with Gasteiger partial charge in [0.2, 0.25) is 0 Å². The third-order valence-electron chi connectivity index (χ3n) is 5.56. The van der Waals surface area contributed by atoms with Gasteiger partial charge in [-0.05, 0) is 12.5 Å². The molecule has 11 heteroatoms. The molecule has 0 amide bonds. The molecule has 0 spiro atoms. The Labute approximate surface area is 226 Å². The molecule has 1 aromatic rings. The standard InChI is InChI=1S/C23H30I2O9/c1-12-20(16(9-18(28)30-12)29-11-15-7-5-4-6-8-15)34-23-19(25)22(32-14(3)27)21(31-13(2)26)17(10-24)33-23/h4-8,12,16-23,28H,9-11H2,1-3H3/t12-,16-,17-,18+,19+,20-,21-,22-,23-/m1/s1. The monoisotopic (exact) mass is 704 g/mol. The number of esters is 2. The molecule has 190 valence electrons. The fraction of sp³-hybridized carbons (Fsp3) is 0.652. The Balaban J connectivity index is 1.77. The summed E-state index contributed by atoms with van der Waals surface area (Å²) in [5, 5.41) is 10.2. The highest BCUT2D eigenvalue weighted by molar-refractivity contribution is 14.1. The van der Waals surface area contributed by atoms with Crippen LogP contribution < -0.4 is 0 Å². The van der Waals surface area contributed by atoms with Gasteiger partial charge in [-0.3, -0.25) is 9.59 Å². The van der Waals surface area contributed by atoms with E-state index >= 15 is 0 Å². The van der Waals surface area contributed by atoms with Crippen LogP contribution in [0.25, 0.3) is 0 Å². The second-order valence-corrected chi connectivity index (χ2v) is 10.6. The lowest BCUT2D eigenvalue weighted by molar-refractivity contribution is -0.308. The van der Waals surface area contributed by atoms with Crippen LogP contribution in [0.1, 0.15) is 32.8 Å². The minimum atomic E-state index is -0.970. The maximum absolute atomic E-state index is 11.8. The lowest BCUT2D eigenvalue weighted by Crippen LogP contribution is -2.61. The van der Waals surface area contributed by atoms with E-state index in [1.807, 2.05) is 30.3 Å². The Morgan fingerprint density at radius 2 is 1.71 bits per heavy atom. The zero-order valence-electron chi connectivity index (χ0n) is 19.2. The second kappa shape index (κ2) is 13.1. The Hall–Kier alpha value is -0.580. The quantitative estimate of drug-likeness (QED) is 0.249. The van der Waals surface area contributed by atoms with E-state index < -0.39 is 65.1 Å². The maximum atomic E-state index is 11.8. The summed E-state index contributed by atoms with van der Waals surface area (Å²) in [5.41, 5.74) is 1.000. The van der Waals surface area contributed by atoms with Crippen LogP contribution in [-0.4, -0.2) is 74.6 Å². The van der Waals surface area contributed by atoms with Gasteiger partial charge in [0, 0.05) is 24.7 Å². The number of aliphatic hydroxyl groups excluding tert-OH is 1. The summed E-state index contributed by atoms with van der Waals surface area (Å²) >= 11 is 4.23. The van der Waals surface area contributed by atoms with Gasteiger partial charge in [0.1, 0.15) is 16.1 Å². The number of alkyl halides is 2. The van der Waals surface area contributed by atoms with E-state index in [0.717, 1.165) is 5.56 Å². The first-order valence-electron chi connectivity index (χ1n) is 11.0. The van der Waals surface area contributed by atoms with Crippen molar-refractivity contribution in [1.82, 2.24) is 0 Å². The van der Waals surface area contributed by atoms with Crippen molar-refractivity contribution in [2.45, 2.75) is 86.9 Å². The Morgan fingerprint density at radius 1 is 1.06 bits per heavy atom. The summed E-state index contributed by atoms with van der Waals surface area (Å²) in [6.45, 7) is 4.77. The molecule has 2 saturated heterocycles. The topological polar surface area (TPSA) is 110 Å². The van der Waals surface area contributed by atoms with Crippen molar-refractivity contribution in [2.75, 3.05) is 4.43 Å². The maximum Gasteiger partial charge on any atom is 0.303 e. The van der Waals surface area contributed by atoms with Crippen LogP contribution in [0.15, 0.2) is 30.3 Å². The van der Waals surface area contributed by atoms with E-state index in [9.17, 15) is 14.7 Å². The van der Waals surface area contributed by atoms with Crippen LogP contribution >= 0.6 is 45.2 Å². The summed E-state index contributed by atoms with van der Waals surface area (Å²) in [7, 11) is 0. The molecule has 0 bridgehead atoms. The number of aliphatic hydroxyl groups is 1. The smallest absolute Gasteiger partial charge is 0.303 e. The molecule has 2 heterocycles. The van der Waals surface area contributed by atoms with E-state index in [-0.39, 0.29) is 6.42 Å². The van der Waals surface area contributed by atoms with Crippen LogP contribution in [0.2, 0.25) is 0 Å². The minimum Gasteiger partial charge on any atom is -0.457 e. The van der Waals surface area contributed by atoms with Crippen LogP contribution in [0, 0.1) is 0 Å².